The van der Waals surface area contributed by atoms with Crippen LogP contribution in [0.2, 0.25) is 5.02 Å². The third kappa shape index (κ3) is 2.71. The van der Waals surface area contributed by atoms with Crippen LogP contribution < -0.4 is 0 Å². The average molecular weight is 233 g/mol. The van der Waals surface area contributed by atoms with Crippen LogP contribution in [0.1, 0.15) is 39.0 Å². The molecule has 0 saturated heterocycles. The summed E-state index contributed by atoms with van der Waals surface area (Å²) in [5, 5.41) is 24.1. The number of aryl methyl sites for hydroxylation is 1. The summed E-state index contributed by atoms with van der Waals surface area (Å²) in [5.41, 5.74) is -0.749. The van der Waals surface area contributed by atoms with E-state index in [1.54, 1.807) is 4.68 Å². The van der Waals surface area contributed by atoms with Gasteiger partial charge in [0, 0.05) is 6.54 Å². The van der Waals surface area contributed by atoms with Crippen LogP contribution in [0, 0.1) is 0 Å². The summed E-state index contributed by atoms with van der Waals surface area (Å²) < 4.78 is 1.63. The van der Waals surface area contributed by atoms with Crippen LogP contribution in [0.4, 0.5) is 0 Å². The van der Waals surface area contributed by atoms with Crippen molar-refractivity contribution in [2.45, 2.75) is 45.4 Å². The van der Waals surface area contributed by atoms with Gasteiger partial charge in [-0.15, -0.1) is 0 Å². The summed E-state index contributed by atoms with van der Waals surface area (Å²) in [6, 6.07) is 0. The molecule has 0 saturated carbocycles. The van der Waals surface area contributed by atoms with E-state index in [0.29, 0.717) is 17.3 Å². The normalized spacial score (nSPS) is 14.3. The first-order valence-corrected chi connectivity index (χ1v) is 5.37. The molecule has 1 atom stereocenters. The molecule has 1 aromatic heterocycles. The van der Waals surface area contributed by atoms with Crippen molar-refractivity contribution >= 4 is 11.6 Å². The average Bonchev–Trinajstić information content (AvgIpc) is 2.45. The number of rotatable bonds is 4. The Morgan fingerprint density at radius 1 is 1.60 bits per heavy atom. The Hall–Kier alpha value is -0.580. The number of hydrogen-bond acceptors (Lipinski definition) is 3. The number of aliphatic hydroxyl groups is 2. The van der Waals surface area contributed by atoms with E-state index in [4.69, 9.17) is 11.6 Å². The highest BCUT2D eigenvalue weighted by atomic mass is 35.5. The van der Waals surface area contributed by atoms with Gasteiger partial charge in [-0.3, -0.25) is 4.68 Å². The zero-order valence-corrected chi connectivity index (χ0v) is 9.99. The first-order chi connectivity index (χ1) is 6.88. The van der Waals surface area contributed by atoms with Crippen LogP contribution in [0.15, 0.2) is 6.20 Å². The number of aromatic nitrogens is 2. The largest absolute Gasteiger partial charge is 0.387 e. The van der Waals surface area contributed by atoms with Crippen molar-refractivity contribution in [2.24, 2.45) is 0 Å². The zero-order valence-electron chi connectivity index (χ0n) is 9.24. The van der Waals surface area contributed by atoms with Crippen molar-refractivity contribution in [3.63, 3.8) is 0 Å². The second kappa shape index (κ2) is 4.51. The second-order valence-electron chi connectivity index (χ2n) is 4.16. The van der Waals surface area contributed by atoms with Crippen LogP contribution in [-0.4, -0.2) is 25.6 Å². The standard InChI is InChI=1S/C10H17ClN2O2/c1-4-5-13-8(7(11)6-12-13)9(14)10(2,3)15/h6,9,14-15H,4-5H2,1-3H3. The first-order valence-electron chi connectivity index (χ1n) is 4.99. The zero-order chi connectivity index (χ0) is 11.6. The molecule has 4 nitrogen and oxygen atoms in total. The highest BCUT2D eigenvalue weighted by Crippen LogP contribution is 2.30. The molecule has 1 unspecified atom stereocenters. The van der Waals surface area contributed by atoms with Crippen molar-refractivity contribution in [3.05, 3.63) is 16.9 Å². The maximum Gasteiger partial charge on any atom is 0.125 e. The molecular weight excluding hydrogens is 216 g/mol. The second-order valence-corrected chi connectivity index (χ2v) is 4.56. The Kier molecular flexibility index (Phi) is 3.76. The van der Waals surface area contributed by atoms with Crippen LogP contribution in [0.25, 0.3) is 0 Å². The van der Waals surface area contributed by atoms with Gasteiger partial charge >= 0.3 is 0 Å². The molecule has 15 heavy (non-hydrogen) atoms. The summed E-state index contributed by atoms with van der Waals surface area (Å²) in [5.74, 6) is 0. The molecular formula is C10H17ClN2O2. The molecule has 1 heterocycles. The van der Waals surface area contributed by atoms with Crippen molar-refractivity contribution in [2.75, 3.05) is 0 Å². The van der Waals surface area contributed by atoms with Crippen molar-refractivity contribution in [3.8, 4) is 0 Å². The first kappa shape index (κ1) is 12.5. The van der Waals surface area contributed by atoms with Gasteiger partial charge in [0.25, 0.3) is 0 Å². The number of aliphatic hydroxyl groups excluding tert-OH is 1. The van der Waals surface area contributed by atoms with E-state index in [-0.39, 0.29) is 0 Å². The molecule has 0 amide bonds. The van der Waals surface area contributed by atoms with Crippen LogP contribution in [-0.2, 0) is 6.54 Å². The Labute approximate surface area is 94.5 Å². The van der Waals surface area contributed by atoms with Gasteiger partial charge in [-0.05, 0) is 20.3 Å². The predicted octanol–water partition coefficient (Wildman–Crippen LogP) is 1.75. The number of nitrogens with zero attached hydrogens (tertiary/aromatic N) is 2. The van der Waals surface area contributed by atoms with Gasteiger partial charge in [0.2, 0.25) is 0 Å². The Morgan fingerprint density at radius 3 is 2.67 bits per heavy atom. The lowest BCUT2D eigenvalue weighted by Gasteiger charge is -2.25. The van der Waals surface area contributed by atoms with Gasteiger partial charge in [0.1, 0.15) is 6.10 Å². The lowest BCUT2D eigenvalue weighted by molar-refractivity contribution is -0.0538. The third-order valence-electron chi connectivity index (χ3n) is 2.20. The van der Waals surface area contributed by atoms with Gasteiger partial charge in [-0.2, -0.15) is 5.10 Å². The minimum Gasteiger partial charge on any atom is -0.387 e. The topological polar surface area (TPSA) is 58.3 Å². The van der Waals surface area contributed by atoms with Gasteiger partial charge in [0.15, 0.2) is 0 Å². The molecule has 0 fully saturated rings. The van der Waals surface area contributed by atoms with Crippen LogP contribution in [0.3, 0.4) is 0 Å². The Morgan fingerprint density at radius 2 is 2.20 bits per heavy atom. The maximum atomic E-state index is 9.94. The monoisotopic (exact) mass is 232 g/mol. The fourth-order valence-electron chi connectivity index (χ4n) is 1.37. The summed E-state index contributed by atoms with van der Waals surface area (Å²) >= 11 is 5.93. The highest BCUT2D eigenvalue weighted by molar-refractivity contribution is 6.31. The molecule has 5 heteroatoms. The summed E-state index contributed by atoms with van der Waals surface area (Å²) in [6.45, 7) is 5.76. The van der Waals surface area contributed by atoms with Gasteiger partial charge in [-0.25, -0.2) is 0 Å². The third-order valence-corrected chi connectivity index (χ3v) is 2.49. The lowest BCUT2D eigenvalue weighted by Crippen LogP contribution is -2.30. The Bertz CT molecular complexity index is 331. The van der Waals surface area contributed by atoms with Crippen molar-refractivity contribution < 1.29 is 10.2 Å². The summed E-state index contributed by atoms with van der Waals surface area (Å²) in [7, 11) is 0. The fraction of sp³-hybridized carbons (Fsp3) is 0.700. The summed E-state index contributed by atoms with van der Waals surface area (Å²) in [4.78, 5) is 0. The molecule has 2 N–H and O–H groups in total. The SMILES string of the molecule is CCCn1ncc(Cl)c1C(O)C(C)(C)O. The Balaban J connectivity index is 3.06. The molecule has 0 aliphatic heterocycles. The van der Waals surface area contributed by atoms with E-state index in [9.17, 15) is 10.2 Å². The smallest absolute Gasteiger partial charge is 0.125 e. The van der Waals surface area contributed by atoms with E-state index < -0.39 is 11.7 Å². The summed E-state index contributed by atoms with van der Waals surface area (Å²) in [6.07, 6.45) is 1.35. The molecule has 0 aliphatic rings. The lowest BCUT2D eigenvalue weighted by atomic mass is 9.99. The van der Waals surface area contributed by atoms with E-state index in [1.807, 2.05) is 6.92 Å². The molecule has 0 aliphatic carbocycles. The molecule has 0 aromatic carbocycles. The van der Waals surface area contributed by atoms with Crippen LogP contribution >= 0.6 is 11.6 Å². The minimum atomic E-state index is -1.23. The quantitative estimate of drug-likeness (QED) is 0.832. The fourth-order valence-corrected chi connectivity index (χ4v) is 1.61. The van der Waals surface area contributed by atoms with E-state index in [2.05, 4.69) is 5.10 Å². The van der Waals surface area contributed by atoms with Gasteiger partial charge < -0.3 is 10.2 Å². The van der Waals surface area contributed by atoms with Crippen molar-refractivity contribution in [1.29, 1.82) is 0 Å². The molecule has 0 radical (unpaired) electrons. The molecule has 1 rings (SSSR count). The van der Waals surface area contributed by atoms with E-state index in [1.165, 1.54) is 20.0 Å². The number of hydrogen-bond donors (Lipinski definition) is 2. The minimum absolute atomic E-state index is 0.387. The number of halogens is 1. The maximum absolute atomic E-state index is 9.94. The molecule has 86 valence electrons. The molecule has 1 aromatic rings. The van der Waals surface area contributed by atoms with Gasteiger partial charge in [0.05, 0.1) is 22.5 Å². The van der Waals surface area contributed by atoms with E-state index in [0.717, 1.165) is 6.42 Å². The van der Waals surface area contributed by atoms with E-state index >= 15 is 0 Å². The van der Waals surface area contributed by atoms with Gasteiger partial charge in [-0.1, -0.05) is 18.5 Å². The van der Waals surface area contributed by atoms with Crippen molar-refractivity contribution in [1.82, 2.24) is 9.78 Å². The molecule has 0 bridgehead atoms. The highest BCUT2D eigenvalue weighted by Gasteiger charge is 2.31. The molecule has 0 spiro atoms. The predicted molar refractivity (Wildman–Crippen MR) is 58.8 cm³/mol. The van der Waals surface area contributed by atoms with Crippen LogP contribution in [0.5, 0.6) is 0 Å².